The molecule has 0 fully saturated rings. The van der Waals surface area contributed by atoms with Crippen LogP contribution in [0, 0.1) is 5.92 Å². The number of nitrogens with two attached hydrogens (primary N) is 1. The molecule has 0 radical (unpaired) electrons. The smallest absolute Gasteiger partial charge is 0.0601 e. The molecule has 0 saturated heterocycles. The van der Waals surface area contributed by atoms with Crippen LogP contribution in [0.15, 0.2) is 0 Å². The summed E-state index contributed by atoms with van der Waals surface area (Å²) >= 11 is 0. The second-order valence-corrected chi connectivity index (χ2v) is 5.88. The van der Waals surface area contributed by atoms with Gasteiger partial charge in [-0.05, 0) is 39.4 Å². The van der Waals surface area contributed by atoms with E-state index in [1.54, 1.807) is 0 Å². The third-order valence-corrected chi connectivity index (χ3v) is 3.24. The monoisotopic (exact) mass is 259 g/mol. The van der Waals surface area contributed by atoms with Crippen molar-refractivity contribution >= 4 is 0 Å². The van der Waals surface area contributed by atoms with Crippen molar-refractivity contribution in [1.82, 2.24) is 9.80 Å². The molecule has 0 heterocycles. The van der Waals surface area contributed by atoms with Gasteiger partial charge in [-0.2, -0.15) is 0 Å². The quantitative estimate of drug-likeness (QED) is 0.614. The van der Waals surface area contributed by atoms with E-state index in [1.165, 1.54) is 0 Å². The molecular weight excluding hydrogens is 226 g/mol. The van der Waals surface area contributed by atoms with Crippen LogP contribution in [0.5, 0.6) is 0 Å². The molecular formula is C14H33N3O. The molecule has 0 aliphatic rings. The van der Waals surface area contributed by atoms with Crippen LogP contribution in [-0.2, 0) is 0 Å². The zero-order valence-corrected chi connectivity index (χ0v) is 12.9. The number of rotatable bonds is 10. The van der Waals surface area contributed by atoms with Gasteiger partial charge in [0, 0.05) is 25.2 Å². The standard InChI is InChI=1S/C14H33N3O/c1-6-7-17(9-8-16(4)5)14(11-18)13(15)10-12(2)3/h12-14,18H,6-11,15H2,1-5H3. The predicted molar refractivity (Wildman–Crippen MR) is 78.7 cm³/mol. The molecule has 110 valence electrons. The van der Waals surface area contributed by atoms with Crippen LogP contribution in [0.4, 0.5) is 0 Å². The van der Waals surface area contributed by atoms with Gasteiger partial charge >= 0.3 is 0 Å². The third kappa shape index (κ3) is 7.31. The summed E-state index contributed by atoms with van der Waals surface area (Å²) in [5.41, 5.74) is 6.25. The first-order valence-corrected chi connectivity index (χ1v) is 7.17. The van der Waals surface area contributed by atoms with Crippen molar-refractivity contribution in [2.75, 3.05) is 40.3 Å². The summed E-state index contributed by atoms with van der Waals surface area (Å²) in [6.07, 6.45) is 2.06. The lowest BCUT2D eigenvalue weighted by atomic mass is 9.97. The van der Waals surface area contributed by atoms with Gasteiger partial charge in [0.25, 0.3) is 0 Å². The van der Waals surface area contributed by atoms with E-state index >= 15 is 0 Å². The molecule has 0 bridgehead atoms. The van der Waals surface area contributed by atoms with Crippen LogP contribution in [0.3, 0.4) is 0 Å². The molecule has 0 spiro atoms. The number of aliphatic hydroxyl groups is 1. The van der Waals surface area contributed by atoms with E-state index in [1.807, 2.05) is 0 Å². The highest BCUT2D eigenvalue weighted by Crippen LogP contribution is 2.12. The van der Waals surface area contributed by atoms with Gasteiger partial charge in [0.2, 0.25) is 0 Å². The minimum Gasteiger partial charge on any atom is -0.395 e. The predicted octanol–water partition coefficient (Wildman–Crippen LogP) is 0.994. The van der Waals surface area contributed by atoms with E-state index in [-0.39, 0.29) is 18.7 Å². The normalized spacial score (nSPS) is 15.7. The molecule has 0 aliphatic heterocycles. The Kier molecular flexibility index (Phi) is 9.64. The van der Waals surface area contributed by atoms with Crippen LogP contribution >= 0.6 is 0 Å². The maximum absolute atomic E-state index is 9.64. The molecule has 0 aliphatic carbocycles. The van der Waals surface area contributed by atoms with Crippen molar-refractivity contribution < 1.29 is 5.11 Å². The lowest BCUT2D eigenvalue weighted by molar-refractivity contribution is 0.0916. The van der Waals surface area contributed by atoms with Crippen molar-refractivity contribution in [3.05, 3.63) is 0 Å². The fourth-order valence-corrected chi connectivity index (χ4v) is 2.28. The number of hydrogen-bond acceptors (Lipinski definition) is 4. The van der Waals surface area contributed by atoms with Gasteiger partial charge in [-0.25, -0.2) is 0 Å². The maximum Gasteiger partial charge on any atom is 0.0601 e. The van der Waals surface area contributed by atoms with Crippen LogP contribution in [0.2, 0.25) is 0 Å². The van der Waals surface area contributed by atoms with E-state index in [0.29, 0.717) is 5.92 Å². The van der Waals surface area contributed by atoms with Crippen molar-refractivity contribution in [1.29, 1.82) is 0 Å². The second-order valence-electron chi connectivity index (χ2n) is 5.88. The van der Waals surface area contributed by atoms with Crippen LogP contribution in [0.1, 0.15) is 33.6 Å². The molecule has 2 unspecified atom stereocenters. The van der Waals surface area contributed by atoms with Gasteiger partial charge in [-0.15, -0.1) is 0 Å². The number of likely N-dealkylation sites (N-methyl/N-ethyl adjacent to an activating group) is 1. The van der Waals surface area contributed by atoms with E-state index in [2.05, 4.69) is 44.7 Å². The Labute approximate surface area is 113 Å². The lowest BCUT2D eigenvalue weighted by Crippen LogP contribution is -2.52. The summed E-state index contributed by atoms with van der Waals surface area (Å²) in [5, 5.41) is 9.64. The fraction of sp³-hybridized carbons (Fsp3) is 1.00. The number of aliphatic hydroxyl groups excluding tert-OH is 1. The number of hydrogen-bond donors (Lipinski definition) is 2. The first-order chi connectivity index (χ1) is 8.42. The topological polar surface area (TPSA) is 52.7 Å². The summed E-state index contributed by atoms with van der Waals surface area (Å²) in [7, 11) is 4.15. The molecule has 4 heteroatoms. The van der Waals surface area contributed by atoms with Crippen LogP contribution in [0.25, 0.3) is 0 Å². The van der Waals surface area contributed by atoms with Gasteiger partial charge in [-0.3, -0.25) is 4.90 Å². The third-order valence-electron chi connectivity index (χ3n) is 3.24. The van der Waals surface area contributed by atoms with Gasteiger partial charge in [-0.1, -0.05) is 20.8 Å². The van der Waals surface area contributed by atoms with Gasteiger partial charge < -0.3 is 15.7 Å². The van der Waals surface area contributed by atoms with Crippen molar-refractivity contribution in [3.63, 3.8) is 0 Å². The molecule has 0 aromatic rings. The minimum atomic E-state index is 0.0590. The Morgan fingerprint density at radius 2 is 1.72 bits per heavy atom. The summed E-state index contributed by atoms with van der Waals surface area (Å²) in [6, 6.07) is 0.149. The summed E-state index contributed by atoms with van der Waals surface area (Å²) in [6.45, 7) is 9.66. The fourth-order valence-electron chi connectivity index (χ4n) is 2.28. The first-order valence-electron chi connectivity index (χ1n) is 7.17. The molecule has 2 atom stereocenters. The zero-order chi connectivity index (χ0) is 14.1. The van der Waals surface area contributed by atoms with Crippen LogP contribution < -0.4 is 5.73 Å². The molecule has 0 aromatic carbocycles. The maximum atomic E-state index is 9.64. The molecule has 4 nitrogen and oxygen atoms in total. The Morgan fingerprint density at radius 3 is 2.11 bits per heavy atom. The number of nitrogens with zero attached hydrogens (tertiary/aromatic N) is 2. The summed E-state index contributed by atoms with van der Waals surface area (Å²) < 4.78 is 0. The largest absolute Gasteiger partial charge is 0.395 e. The zero-order valence-electron chi connectivity index (χ0n) is 12.9. The molecule has 0 rings (SSSR count). The van der Waals surface area contributed by atoms with Gasteiger partial charge in [0.1, 0.15) is 0 Å². The van der Waals surface area contributed by atoms with E-state index < -0.39 is 0 Å². The van der Waals surface area contributed by atoms with Crippen molar-refractivity contribution in [2.45, 2.75) is 45.7 Å². The van der Waals surface area contributed by atoms with Crippen molar-refractivity contribution in [3.8, 4) is 0 Å². The summed E-state index contributed by atoms with van der Waals surface area (Å²) in [4.78, 5) is 4.51. The average molecular weight is 259 g/mol. The highest BCUT2D eigenvalue weighted by molar-refractivity contribution is 4.82. The molecule has 3 N–H and O–H groups in total. The Hall–Kier alpha value is -0.160. The Bertz CT molecular complexity index is 197. The molecule has 0 saturated carbocycles. The second kappa shape index (κ2) is 9.73. The molecule has 0 amide bonds. The molecule has 18 heavy (non-hydrogen) atoms. The van der Waals surface area contributed by atoms with Crippen LogP contribution in [-0.4, -0.2) is 67.3 Å². The van der Waals surface area contributed by atoms with E-state index in [0.717, 1.165) is 32.5 Å². The highest BCUT2D eigenvalue weighted by Gasteiger charge is 2.24. The van der Waals surface area contributed by atoms with Crippen molar-refractivity contribution in [2.24, 2.45) is 11.7 Å². The molecule has 0 aromatic heterocycles. The van der Waals surface area contributed by atoms with E-state index in [4.69, 9.17) is 5.73 Å². The Morgan fingerprint density at radius 1 is 1.11 bits per heavy atom. The SMILES string of the molecule is CCCN(CCN(C)C)C(CO)C(N)CC(C)C. The summed E-state index contributed by atoms with van der Waals surface area (Å²) in [5.74, 6) is 0.575. The first kappa shape index (κ1) is 17.8. The minimum absolute atomic E-state index is 0.0590. The van der Waals surface area contributed by atoms with Gasteiger partial charge in [0.15, 0.2) is 0 Å². The lowest BCUT2D eigenvalue weighted by Gasteiger charge is -2.35. The Balaban J connectivity index is 4.48. The highest BCUT2D eigenvalue weighted by atomic mass is 16.3. The van der Waals surface area contributed by atoms with E-state index in [9.17, 15) is 5.11 Å². The average Bonchev–Trinajstić information content (AvgIpc) is 2.25. The van der Waals surface area contributed by atoms with Gasteiger partial charge in [0.05, 0.1) is 6.61 Å².